The first-order valence-electron chi connectivity index (χ1n) is 12.4. The highest BCUT2D eigenvalue weighted by molar-refractivity contribution is 7.13. The van der Waals surface area contributed by atoms with Gasteiger partial charge in [0.05, 0.1) is 28.4 Å². The zero-order valence-corrected chi connectivity index (χ0v) is 22.3. The van der Waals surface area contributed by atoms with Crippen molar-refractivity contribution < 1.29 is 19.4 Å². The second-order valence-corrected chi connectivity index (χ2v) is 10.4. The summed E-state index contributed by atoms with van der Waals surface area (Å²) in [6, 6.07) is 9.57. The average molecular weight is 568 g/mol. The van der Waals surface area contributed by atoms with Crippen LogP contribution in [0.1, 0.15) is 25.7 Å². The number of urea groups is 1. The van der Waals surface area contributed by atoms with Gasteiger partial charge in [-0.05, 0) is 55.0 Å². The number of amides is 3. The quantitative estimate of drug-likeness (QED) is 0.208. The number of likely N-dealkylation sites (tertiary alicyclic amines) is 1. The molecule has 1 aliphatic heterocycles. The number of carbonyl (C=O) groups excluding carboxylic acids is 1. The molecule has 1 fully saturated rings. The molecule has 1 aliphatic rings. The highest BCUT2D eigenvalue weighted by Crippen LogP contribution is 2.39. The van der Waals surface area contributed by atoms with E-state index < -0.39 is 12.1 Å². The lowest BCUT2D eigenvalue weighted by atomic mass is 10.0. The van der Waals surface area contributed by atoms with E-state index in [0.29, 0.717) is 46.6 Å². The van der Waals surface area contributed by atoms with Crippen molar-refractivity contribution in [1.82, 2.24) is 14.9 Å². The monoisotopic (exact) mass is 567 g/mol. The second-order valence-electron chi connectivity index (χ2n) is 9.09. The van der Waals surface area contributed by atoms with Crippen molar-refractivity contribution in [2.24, 2.45) is 0 Å². The third kappa shape index (κ3) is 5.99. The molecular weight excluding hydrogens is 542 g/mol. The van der Waals surface area contributed by atoms with Gasteiger partial charge in [-0.1, -0.05) is 17.7 Å². The van der Waals surface area contributed by atoms with E-state index in [-0.39, 0.29) is 23.2 Å². The Labute approximate surface area is 232 Å². The molecule has 0 saturated carbocycles. The van der Waals surface area contributed by atoms with Crippen molar-refractivity contribution in [2.75, 3.05) is 23.8 Å². The number of carboxylic acid groups (broad SMARTS) is 1. The number of H-pyrrole nitrogens is 1. The van der Waals surface area contributed by atoms with Crippen molar-refractivity contribution in [3.8, 4) is 16.2 Å². The average Bonchev–Trinajstić information content (AvgIpc) is 3.44. The van der Waals surface area contributed by atoms with Crippen LogP contribution in [0.2, 0.25) is 5.02 Å². The first-order chi connectivity index (χ1) is 18.9. The van der Waals surface area contributed by atoms with E-state index in [9.17, 15) is 19.5 Å². The number of aromatic nitrogens is 2. The number of nitrogens with one attached hydrogen (secondary N) is 3. The Morgan fingerprint density at radius 2 is 2.03 bits per heavy atom. The first kappa shape index (κ1) is 26.5. The van der Waals surface area contributed by atoms with E-state index in [4.69, 9.17) is 16.3 Å². The van der Waals surface area contributed by atoms with Crippen LogP contribution in [0.25, 0.3) is 21.3 Å². The Kier molecular flexibility index (Phi) is 7.99. The number of fused-ring (bicyclic) bond motifs is 1. The number of nitrogens with zero attached hydrogens (tertiary/aromatic N) is 2. The van der Waals surface area contributed by atoms with Crippen LogP contribution in [-0.2, 0) is 0 Å². The summed E-state index contributed by atoms with van der Waals surface area (Å²) in [5.41, 5.74) is 1.37. The van der Waals surface area contributed by atoms with Gasteiger partial charge in [-0.2, -0.15) is 0 Å². The van der Waals surface area contributed by atoms with Gasteiger partial charge < -0.3 is 30.4 Å². The minimum absolute atomic E-state index is 0.154. The van der Waals surface area contributed by atoms with Crippen LogP contribution in [0.3, 0.4) is 0 Å². The zero-order valence-electron chi connectivity index (χ0n) is 20.8. The minimum atomic E-state index is -0.934. The number of anilines is 2. The van der Waals surface area contributed by atoms with Gasteiger partial charge in [0.15, 0.2) is 0 Å². The van der Waals surface area contributed by atoms with E-state index in [1.807, 2.05) is 17.5 Å². The number of benzene rings is 1. The molecule has 0 aliphatic carbocycles. The molecule has 0 bridgehead atoms. The molecule has 10 nitrogen and oxygen atoms in total. The normalized spacial score (nSPS) is 15.2. The molecule has 39 heavy (non-hydrogen) atoms. The Bertz CT molecular complexity index is 1540. The molecule has 4 N–H and O–H groups in total. The molecule has 4 aromatic rings. The van der Waals surface area contributed by atoms with Crippen molar-refractivity contribution in [3.05, 3.63) is 69.5 Å². The molecule has 1 saturated heterocycles. The number of halogens is 1. The second kappa shape index (κ2) is 11.7. The number of piperidine rings is 1. The summed E-state index contributed by atoms with van der Waals surface area (Å²) >= 11 is 7.87. The van der Waals surface area contributed by atoms with E-state index >= 15 is 0 Å². The number of rotatable bonds is 7. The Morgan fingerprint density at radius 1 is 1.21 bits per heavy atom. The number of thiophene rings is 1. The van der Waals surface area contributed by atoms with Crippen LogP contribution in [-0.4, -0.2) is 51.3 Å². The summed E-state index contributed by atoms with van der Waals surface area (Å²) in [6.07, 6.45) is 5.24. The first-order valence-corrected chi connectivity index (χ1v) is 13.7. The van der Waals surface area contributed by atoms with E-state index in [2.05, 4.69) is 20.6 Å². The van der Waals surface area contributed by atoms with Gasteiger partial charge in [-0.25, -0.2) is 9.59 Å². The summed E-state index contributed by atoms with van der Waals surface area (Å²) < 4.78 is 6.27. The summed E-state index contributed by atoms with van der Waals surface area (Å²) in [6.45, 7) is 0.711. The fourth-order valence-electron chi connectivity index (χ4n) is 4.75. The van der Waals surface area contributed by atoms with Crippen LogP contribution in [0.15, 0.2) is 59.0 Å². The standard InChI is InChI=1S/C27H26ClN5O5S/c28-19-15-20-18(14-21(19)32-26(35)30-16-6-9-29-10-7-16)24(23(25(34)31-20)22-5-3-13-39-22)38-12-8-17-4-1-2-11-33(17)27(36)37/h3,5-7,9-10,13-15,17H,1-2,4,8,11-12H2,(H,31,34)(H,36,37)(H2,29,30,32,35). The van der Waals surface area contributed by atoms with Crippen LogP contribution in [0, 0.1) is 0 Å². The number of aromatic amines is 1. The third-order valence-electron chi connectivity index (χ3n) is 6.58. The van der Waals surface area contributed by atoms with Crippen molar-refractivity contribution in [2.45, 2.75) is 31.7 Å². The smallest absolute Gasteiger partial charge is 0.407 e. The van der Waals surface area contributed by atoms with Gasteiger partial charge in [-0.3, -0.25) is 9.78 Å². The predicted octanol–water partition coefficient (Wildman–Crippen LogP) is 6.25. The molecule has 5 rings (SSSR count). The third-order valence-corrected chi connectivity index (χ3v) is 7.78. The SMILES string of the molecule is O=C(Nc1ccncc1)Nc1cc2c(OCCC3CCCCN3C(=O)O)c(-c3cccs3)c(=O)[nH]c2cc1Cl. The lowest BCUT2D eigenvalue weighted by Crippen LogP contribution is -2.43. The molecular formula is C27H26ClN5O5S. The maximum Gasteiger partial charge on any atom is 0.407 e. The predicted molar refractivity (Wildman–Crippen MR) is 152 cm³/mol. The van der Waals surface area contributed by atoms with Gasteiger partial charge in [0, 0.05) is 47.4 Å². The van der Waals surface area contributed by atoms with Crippen LogP contribution >= 0.6 is 22.9 Å². The van der Waals surface area contributed by atoms with Gasteiger partial charge in [0.1, 0.15) is 5.75 Å². The Hall–Kier alpha value is -4.09. The Balaban J connectivity index is 1.47. The number of ether oxygens (including phenoxy) is 1. The molecule has 12 heteroatoms. The van der Waals surface area contributed by atoms with Gasteiger partial charge >= 0.3 is 12.1 Å². The number of hydrogen-bond donors (Lipinski definition) is 4. The lowest BCUT2D eigenvalue weighted by Gasteiger charge is -2.33. The fraction of sp³-hybridized carbons (Fsp3) is 0.259. The maximum absolute atomic E-state index is 13.2. The number of hydrogen-bond acceptors (Lipinski definition) is 6. The molecule has 4 heterocycles. The molecule has 1 atom stereocenters. The van der Waals surface area contributed by atoms with Crippen LogP contribution < -0.4 is 20.9 Å². The van der Waals surface area contributed by atoms with E-state index in [1.54, 1.807) is 36.7 Å². The van der Waals surface area contributed by atoms with Gasteiger partial charge in [0.25, 0.3) is 5.56 Å². The van der Waals surface area contributed by atoms with Crippen LogP contribution in [0.4, 0.5) is 21.0 Å². The van der Waals surface area contributed by atoms with Crippen molar-refractivity contribution in [1.29, 1.82) is 0 Å². The lowest BCUT2D eigenvalue weighted by molar-refractivity contribution is 0.0969. The highest BCUT2D eigenvalue weighted by Gasteiger charge is 2.27. The number of carbonyl (C=O) groups is 2. The molecule has 3 amide bonds. The molecule has 202 valence electrons. The van der Waals surface area contributed by atoms with Crippen molar-refractivity contribution in [3.63, 3.8) is 0 Å². The zero-order chi connectivity index (χ0) is 27.4. The maximum atomic E-state index is 13.2. The molecule has 0 radical (unpaired) electrons. The summed E-state index contributed by atoms with van der Waals surface area (Å²) in [5, 5.41) is 17.7. The number of pyridine rings is 2. The van der Waals surface area contributed by atoms with Crippen molar-refractivity contribution >= 4 is 57.3 Å². The molecule has 1 unspecified atom stereocenters. The summed E-state index contributed by atoms with van der Waals surface area (Å²) in [5.74, 6) is 0.350. The molecule has 1 aromatic carbocycles. The van der Waals surface area contributed by atoms with E-state index in [1.165, 1.54) is 16.2 Å². The summed E-state index contributed by atoms with van der Waals surface area (Å²) in [7, 11) is 0. The van der Waals surface area contributed by atoms with E-state index in [0.717, 1.165) is 24.1 Å². The van der Waals surface area contributed by atoms with Gasteiger partial charge in [0.2, 0.25) is 0 Å². The van der Waals surface area contributed by atoms with Gasteiger partial charge in [-0.15, -0.1) is 11.3 Å². The molecule has 0 spiro atoms. The highest BCUT2D eigenvalue weighted by atomic mass is 35.5. The summed E-state index contributed by atoms with van der Waals surface area (Å²) in [4.78, 5) is 46.5. The topological polar surface area (TPSA) is 137 Å². The van der Waals surface area contributed by atoms with Crippen LogP contribution in [0.5, 0.6) is 5.75 Å². The molecule has 3 aromatic heterocycles. The largest absolute Gasteiger partial charge is 0.492 e. The minimum Gasteiger partial charge on any atom is -0.492 e. The fourth-order valence-corrected chi connectivity index (χ4v) is 5.72. The Morgan fingerprint density at radius 3 is 2.77 bits per heavy atom.